The third-order valence-corrected chi connectivity index (χ3v) is 3.29. The molecule has 0 amide bonds. The first-order valence-corrected chi connectivity index (χ1v) is 13.1. The maximum absolute atomic E-state index is 3.33. The number of rotatable bonds is 0. The molecule has 0 aromatic carbocycles. The summed E-state index contributed by atoms with van der Waals surface area (Å²) in [4.78, 5) is 6.99. The van der Waals surface area contributed by atoms with Crippen molar-refractivity contribution in [3.05, 3.63) is 0 Å². The van der Waals surface area contributed by atoms with Crippen LogP contribution in [0.2, 0.25) is 14.8 Å². The Kier molecular flexibility index (Phi) is 3.55. The predicted octanol–water partition coefficient (Wildman–Crippen LogP) is 2.28. The molecule has 0 radical (unpaired) electrons. The van der Waals surface area contributed by atoms with Gasteiger partial charge in [-0.25, -0.2) is 0 Å². The molecule has 1 heteroatoms. The average Bonchev–Trinajstić information content (AvgIpc) is 1.59. The summed E-state index contributed by atoms with van der Waals surface area (Å²) in [5.41, 5.74) is 0. The molecule has 0 aliphatic carbocycles. The monoisotopic (exact) mass is 218 g/mol. The van der Waals surface area contributed by atoms with Crippen LogP contribution in [-0.4, -0.2) is 18.4 Å². The second-order valence-electron chi connectivity index (χ2n) is 2.91. The average molecular weight is 217 g/mol. The van der Waals surface area contributed by atoms with Crippen molar-refractivity contribution < 1.29 is 0 Å². The van der Waals surface area contributed by atoms with Gasteiger partial charge in [0.15, 0.2) is 0 Å². The fraction of sp³-hybridized carbons (Fsp3) is 0.714. The molecule has 0 spiro atoms. The van der Waals surface area contributed by atoms with E-state index >= 15 is 0 Å². The normalized spacial score (nSPS) is 10.0. The second-order valence-corrected chi connectivity index (χ2v) is 16.5. The van der Waals surface area contributed by atoms with Gasteiger partial charge in [0.25, 0.3) is 0 Å². The second kappa shape index (κ2) is 3.40. The van der Waals surface area contributed by atoms with Gasteiger partial charge in [0.1, 0.15) is 0 Å². The van der Waals surface area contributed by atoms with Crippen molar-refractivity contribution in [3.63, 3.8) is 0 Å². The molecule has 0 heterocycles. The van der Waals surface area contributed by atoms with Crippen molar-refractivity contribution in [1.29, 1.82) is 0 Å². The van der Waals surface area contributed by atoms with E-state index in [0.29, 0.717) is 0 Å². The van der Waals surface area contributed by atoms with Gasteiger partial charge in [-0.2, -0.15) is 0 Å². The zero-order chi connectivity index (χ0) is 6.62. The summed E-state index contributed by atoms with van der Waals surface area (Å²) in [6.07, 6.45) is 1.02. The maximum atomic E-state index is 3.33. The summed E-state index contributed by atoms with van der Waals surface area (Å²) in [6.45, 7) is 2.10. The molecule has 0 aromatic rings. The van der Waals surface area contributed by atoms with Crippen molar-refractivity contribution in [3.8, 4) is 9.86 Å². The SMILES string of the molecule is CCC#[C][Sn]([CH3])([CH3])[CH3]. The van der Waals surface area contributed by atoms with Gasteiger partial charge in [0.2, 0.25) is 0 Å². The standard InChI is InChI=1S/C4H5.3CH3.Sn/c1-3-4-2;;;;/h3H2,1H3;3*1H3;. The summed E-state index contributed by atoms with van der Waals surface area (Å²) >= 11 is -1.67. The van der Waals surface area contributed by atoms with Gasteiger partial charge in [0.05, 0.1) is 0 Å². The van der Waals surface area contributed by atoms with Crippen molar-refractivity contribution in [2.24, 2.45) is 0 Å². The van der Waals surface area contributed by atoms with Crippen LogP contribution in [0, 0.1) is 9.86 Å². The van der Waals surface area contributed by atoms with E-state index in [9.17, 15) is 0 Å². The molecule has 0 saturated heterocycles. The van der Waals surface area contributed by atoms with Gasteiger partial charge in [-0.1, -0.05) is 0 Å². The summed E-state index contributed by atoms with van der Waals surface area (Å²) in [5.74, 6) is 3.13. The van der Waals surface area contributed by atoms with Crippen LogP contribution in [0.5, 0.6) is 0 Å². The third-order valence-electron chi connectivity index (χ3n) is 0.640. The zero-order valence-corrected chi connectivity index (χ0v) is 9.06. The van der Waals surface area contributed by atoms with E-state index < -0.39 is 18.4 Å². The van der Waals surface area contributed by atoms with Crippen LogP contribution in [0.4, 0.5) is 0 Å². The van der Waals surface area contributed by atoms with Crippen molar-refractivity contribution >= 4 is 18.4 Å². The minimum absolute atomic E-state index is 1.02. The van der Waals surface area contributed by atoms with Gasteiger partial charge in [-0.15, -0.1) is 0 Å². The topological polar surface area (TPSA) is 0 Å². The fourth-order valence-electron chi connectivity index (χ4n) is 0.354. The zero-order valence-electron chi connectivity index (χ0n) is 6.21. The first-order valence-electron chi connectivity index (χ1n) is 3.06. The number of hydrogen-bond donors (Lipinski definition) is 0. The molecule has 0 unspecified atom stereocenters. The Hall–Kier alpha value is 0.359. The molecule has 0 fully saturated rings. The molecule has 0 bridgehead atoms. The Morgan fingerprint density at radius 3 is 1.88 bits per heavy atom. The van der Waals surface area contributed by atoms with E-state index in [1.54, 1.807) is 0 Å². The van der Waals surface area contributed by atoms with Gasteiger partial charge in [-0.05, 0) is 0 Å². The molecule has 0 rings (SSSR count). The van der Waals surface area contributed by atoms with Gasteiger partial charge in [-0.3, -0.25) is 0 Å². The summed E-state index contributed by atoms with van der Waals surface area (Å²) < 4.78 is 3.33. The summed E-state index contributed by atoms with van der Waals surface area (Å²) in [6, 6.07) is 0. The molecule has 0 aliphatic heterocycles. The number of hydrogen-bond acceptors (Lipinski definition) is 0. The van der Waals surface area contributed by atoms with E-state index in [4.69, 9.17) is 0 Å². The summed E-state index contributed by atoms with van der Waals surface area (Å²) in [5, 5.41) is 0. The fourth-order valence-corrected chi connectivity index (χ4v) is 2.37. The molecule has 8 heavy (non-hydrogen) atoms. The molecule has 0 saturated carbocycles. The molecule has 0 N–H and O–H groups in total. The van der Waals surface area contributed by atoms with Crippen LogP contribution < -0.4 is 0 Å². The predicted molar refractivity (Wildman–Crippen MR) is 41.4 cm³/mol. The van der Waals surface area contributed by atoms with Gasteiger partial charge < -0.3 is 0 Å². The van der Waals surface area contributed by atoms with Crippen LogP contribution in [0.15, 0.2) is 0 Å². The first-order chi connectivity index (χ1) is 3.56. The molecule has 0 aromatic heterocycles. The quantitative estimate of drug-likeness (QED) is 0.431. The van der Waals surface area contributed by atoms with Gasteiger partial charge in [0, 0.05) is 0 Å². The molecule has 0 nitrogen and oxygen atoms in total. The molecule has 46 valence electrons. The van der Waals surface area contributed by atoms with Crippen LogP contribution >= 0.6 is 0 Å². The molecular formula is C7H14Sn. The Labute approximate surface area is 56.5 Å². The van der Waals surface area contributed by atoms with Crippen LogP contribution in [0.25, 0.3) is 0 Å². The summed E-state index contributed by atoms with van der Waals surface area (Å²) in [7, 11) is 0. The van der Waals surface area contributed by atoms with E-state index in [-0.39, 0.29) is 0 Å². The van der Waals surface area contributed by atoms with Crippen molar-refractivity contribution in [2.45, 2.75) is 28.2 Å². The Bertz CT molecular complexity index is 109. The molecule has 0 aliphatic rings. The van der Waals surface area contributed by atoms with E-state index in [1.165, 1.54) is 0 Å². The Balaban J connectivity index is 3.69. The molecule has 0 atom stereocenters. The van der Waals surface area contributed by atoms with E-state index in [0.717, 1.165) is 6.42 Å². The molecular weight excluding hydrogens is 203 g/mol. The first kappa shape index (κ1) is 8.36. The van der Waals surface area contributed by atoms with Crippen LogP contribution in [0.1, 0.15) is 13.3 Å². The van der Waals surface area contributed by atoms with Gasteiger partial charge >= 0.3 is 56.4 Å². The van der Waals surface area contributed by atoms with Crippen molar-refractivity contribution in [1.82, 2.24) is 0 Å². The van der Waals surface area contributed by atoms with Crippen LogP contribution in [-0.2, 0) is 0 Å². The van der Waals surface area contributed by atoms with E-state index in [1.807, 2.05) is 0 Å². The third kappa shape index (κ3) is 6.36. The Morgan fingerprint density at radius 2 is 1.75 bits per heavy atom. The van der Waals surface area contributed by atoms with Crippen LogP contribution in [0.3, 0.4) is 0 Å². The Morgan fingerprint density at radius 1 is 1.25 bits per heavy atom. The van der Waals surface area contributed by atoms with Crippen molar-refractivity contribution in [2.75, 3.05) is 0 Å². The minimum atomic E-state index is -1.67. The van der Waals surface area contributed by atoms with E-state index in [2.05, 4.69) is 31.6 Å².